The maximum Gasteiger partial charge on any atom is 0.252 e. The number of pyridine rings is 1. The monoisotopic (exact) mass is 430 g/mol. The zero-order chi connectivity index (χ0) is 22.4. The Bertz CT molecular complexity index is 1110. The average Bonchev–Trinajstić information content (AvgIpc) is 2.88. The molecular formula is C25H26N4O3. The molecule has 32 heavy (non-hydrogen) atoms. The second-order valence-corrected chi connectivity index (χ2v) is 7.97. The minimum Gasteiger partial charge on any atom is -0.409 e. The minimum atomic E-state index is -0.254. The van der Waals surface area contributed by atoms with Gasteiger partial charge in [-0.05, 0) is 35.6 Å². The molecule has 1 amide bonds. The summed E-state index contributed by atoms with van der Waals surface area (Å²) >= 11 is 0. The second kappa shape index (κ2) is 9.62. The summed E-state index contributed by atoms with van der Waals surface area (Å²) in [6.07, 6.45) is 4.54. The molecule has 0 radical (unpaired) electrons. The predicted octanol–water partition coefficient (Wildman–Crippen LogP) is 3.32. The molecule has 7 nitrogen and oxygen atoms in total. The van der Waals surface area contributed by atoms with Crippen molar-refractivity contribution in [2.75, 3.05) is 19.8 Å². The molecule has 1 aromatic heterocycles. The van der Waals surface area contributed by atoms with Gasteiger partial charge in [0.25, 0.3) is 5.91 Å². The normalized spacial score (nSPS) is 15.8. The molecule has 0 aliphatic carbocycles. The molecule has 164 valence electrons. The lowest BCUT2D eigenvalue weighted by atomic mass is 9.73. The Morgan fingerprint density at radius 1 is 1.03 bits per heavy atom. The first-order valence-electron chi connectivity index (χ1n) is 10.6. The molecular weight excluding hydrogens is 404 g/mol. The maximum atomic E-state index is 12.9. The third kappa shape index (κ3) is 4.63. The molecule has 7 heteroatoms. The van der Waals surface area contributed by atoms with E-state index >= 15 is 0 Å². The lowest BCUT2D eigenvalue weighted by molar-refractivity contribution is 0.0487. The van der Waals surface area contributed by atoms with E-state index in [2.05, 4.69) is 51.9 Å². The van der Waals surface area contributed by atoms with E-state index in [4.69, 9.17) is 15.7 Å². The number of amides is 1. The summed E-state index contributed by atoms with van der Waals surface area (Å²) < 4.78 is 5.63. The summed E-state index contributed by atoms with van der Waals surface area (Å²) in [5, 5.41) is 14.9. The lowest BCUT2D eigenvalue weighted by Gasteiger charge is -2.38. The van der Waals surface area contributed by atoms with Gasteiger partial charge < -0.3 is 21.0 Å². The molecule has 0 unspecified atom stereocenters. The zero-order valence-corrected chi connectivity index (χ0v) is 17.7. The number of ether oxygens (including phenoxy) is 1. The highest BCUT2D eigenvalue weighted by Gasteiger charge is 2.35. The Balaban J connectivity index is 1.58. The van der Waals surface area contributed by atoms with Gasteiger partial charge >= 0.3 is 0 Å². The molecule has 0 saturated carbocycles. The third-order valence-electron chi connectivity index (χ3n) is 6.02. The van der Waals surface area contributed by atoms with Gasteiger partial charge in [-0.1, -0.05) is 59.8 Å². The number of hydrogen-bond donors (Lipinski definition) is 3. The van der Waals surface area contributed by atoms with Crippen molar-refractivity contribution in [1.29, 1.82) is 0 Å². The number of carbonyl (C=O) groups is 1. The summed E-state index contributed by atoms with van der Waals surface area (Å²) in [5.41, 5.74) is 9.64. The molecule has 1 aliphatic rings. The summed E-state index contributed by atoms with van der Waals surface area (Å²) in [7, 11) is 0. The van der Waals surface area contributed by atoms with Crippen molar-refractivity contribution in [1.82, 2.24) is 10.3 Å². The molecule has 0 spiro atoms. The second-order valence-electron chi connectivity index (χ2n) is 7.97. The number of nitrogens with one attached hydrogen (secondary N) is 1. The van der Waals surface area contributed by atoms with Gasteiger partial charge in [0.1, 0.15) is 0 Å². The van der Waals surface area contributed by atoms with Crippen LogP contribution >= 0.6 is 0 Å². The van der Waals surface area contributed by atoms with E-state index in [0.29, 0.717) is 30.9 Å². The number of nitrogens with zero attached hydrogens (tertiary/aromatic N) is 2. The van der Waals surface area contributed by atoms with Crippen LogP contribution in [0.5, 0.6) is 0 Å². The Labute approximate surface area is 186 Å². The number of aromatic nitrogens is 1. The van der Waals surface area contributed by atoms with Crippen LogP contribution in [0.4, 0.5) is 0 Å². The first kappa shape index (κ1) is 21.5. The van der Waals surface area contributed by atoms with E-state index in [0.717, 1.165) is 24.0 Å². The van der Waals surface area contributed by atoms with Crippen molar-refractivity contribution >= 4 is 11.7 Å². The number of carbonyl (C=O) groups excluding carboxylic acids is 1. The molecule has 1 aliphatic heterocycles. The van der Waals surface area contributed by atoms with Gasteiger partial charge in [-0.2, -0.15) is 0 Å². The molecule has 0 bridgehead atoms. The van der Waals surface area contributed by atoms with E-state index in [-0.39, 0.29) is 17.2 Å². The van der Waals surface area contributed by atoms with Gasteiger partial charge in [0.05, 0.1) is 5.56 Å². The fourth-order valence-corrected chi connectivity index (χ4v) is 4.10. The Kier molecular flexibility index (Phi) is 6.47. The van der Waals surface area contributed by atoms with Crippen LogP contribution in [-0.2, 0) is 10.2 Å². The largest absolute Gasteiger partial charge is 0.409 e. The zero-order valence-electron chi connectivity index (χ0n) is 17.7. The van der Waals surface area contributed by atoms with E-state index < -0.39 is 0 Å². The summed E-state index contributed by atoms with van der Waals surface area (Å²) in [4.78, 5) is 16.9. The van der Waals surface area contributed by atoms with Gasteiger partial charge in [0.2, 0.25) is 0 Å². The Hall–Kier alpha value is -3.71. The highest BCUT2D eigenvalue weighted by atomic mass is 16.5. The summed E-state index contributed by atoms with van der Waals surface area (Å²) in [5.74, 6) is -0.346. The molecule has 3 aromatic rings. The van der Waals surface area contributed by atoms with Crippen molar-refractivity contribution in [2.24, 2.45) is 10.9 Å². The van der Waals surface area contributed by atoms with Crippen LogP contribution in [0.2, 0.25) is 0 Å². The van der Waals surface area contributed by atoms with Gasteiger partial charge in [-0.3, -0.25) is 9.78 Å². The smallest absolute Gasteiger partial charge is 0.252 e. The van der Waals surface area contributed by atoms with Crippen molar-refractivity contribution in [3.05, 3.63) is 89.7 Å². The van der Waals surface area contributed by atoms with E-state index in [9.17, 15) is 4.79 Å². The highest BCUT2D eigenvalue weighted by Crippen LogP contribution is 2.36. The van der Waals surface area contributed by atoms with Crippen molar-refractivity contribution in [3.63, 3.8) is 0 Å². The van der Waals surface area contributed by atoms with Gasteiger partial charge in [0.15, 0.2) is 5.84 Å². The van der Waals surface area contributed by atoms with Crippen LogP contribution in [-0.4, -0.2) is 41.7 Å². The fraction of sp³-hybridized carbons (Fsp3) is 0.240. The van der Waals surface area contributed by atoms with Gasteiger partial charge in [-0.25, -0.2) is 0 Å². The average molecular weight is 431 g/mol. The standard InChI is InChI=1S/C25H26N4O3/c26-23(29-31)20-13-21(16-27-15-20)24(30)28-17-25(9-11-32-12-10-25)22-8-4-7-19(14-22)18-5-2-1-3-6-18/h1-8,13-16,31H,9-12,17H2,(H2,26,29)(H,28,30). The third-order valence-corrected chi connectivity index (χ3v) is 6.02. The molecule has 4 N–H and O–H groups in total. The van der Waals surface area contributed by atoms with E-state index in [1.54, 1.807) is 6.07 Å². The van der Waals surface area contributed by atoms with Crippen LogP contribution < -0.4 is 11.1 Å². The lowest BCUT2D eigenvalue weighted by Crippen LogP contribution is -2.44. The first-order chi connectivity index (χ1) is 15.6. The van der Waals surface area contributed by atoms with Crippen LogP contribution in [0.3, 0.4) is 0 Å². The fourth-order valence-electron chi connectivity index (χ4n) is 4.10. The number of oxime groups is 1. The van der Waals surface area contributed by atoms with Crippen LogP contribution in [0.1, 0.15) is 34.3 Å². The number of nitrogens with two attached hydrogens (primary N) is 1. The van der Waals surface area contributed by atoms with E-state index in [1.807, 2.05) is 18.2 Å². The maximum absolute atomic E-state index is 12.9. The van der Waals surface area contributed by atoms with Crippen molar-refractivity contribution in [2.45, 2.75) is 18.3 Å². The SMILES string of the molecule is NC(=NO)c1cncc(C(=O)NCC2(c3cccc(-c4ccccc4)c3)CCOCC2)c1. The van der Waals surface area contributed by atoms with E-state index in [1.165, 1.54) is 18.0 Å². The topological polar surface area (TPSA) is 110 Å². The first-order valence-corrected chi connectivity index (χ1v) is 10.6. The Morgan fingerprint density at radius 2 is 1.75 bits per heavy atom. The summed E-state index contributed by atoms with van der Waals surface area (Å²) in [6.45, 7) is 1.76. The van der Waals surface area contributed by atoms with Crippen LogP contribution in [0.15, 0.2) is 78.2 Å². The predicted molar refractivity (Wildman–Crippen MR) is 123 cm³/mol. The number of hydrogen-bond acceptors (Lipinski definition) is 5. The highest BCUT2D eigenvalue weighted by molar-refractivity contribution is 6.00. The molecule has 4 rings (SSSR count). The molecule has 1 fully saturated rings. The molecule has 1 saturated heterocycles. The number of rotatable bonds is 6. The van der Waals surface area contributed by atoms with Crippen molar-refractivity contribution < 1.29 is 14.7 Å². The number of amidine groups is 1. The van der Waals surface area contributed by atoms with Crippen molar-refractivity contribution in [3.8, 4) is 11.1 Å². The van der Waals surface area contributed by atoms with Gasteiger partial charge in [0, 0.05) is 43.1 Å². The molecule has 2 aromatic carbocycles. The van der Waals surface area contributed by atoms with Crippen LogP contribution in [0, 0.1) is 0 Å². The van der Waals surface area contributed by atoms with Crippen LogP contribution in [0.25, 0.3) is 11.1 Å². The van der Waals surface area contributed by atoms with Gasteiger partial charge in [-0.15, -0.1) is 0 Å². The Morgan fingerprint density at radius 3 is 2.50 bits per heavy atom. The molecule has 2 heterocycles. The number of benzene rings is 2. The quantitative estimate of drug-likeness (QED) is 0.241. The minimum absolute atomic E-state index is 0.0919. The summed E-state index contributed by atoms with van der Waals surface area (Å²) in [6, 6.07) is 20.3. The molecule has 0 atom stereocenters.